The molecule has 0 aliphatic heterocycles. The summed E-state index contributed by atoms with van der Waals surface area (Å²) in [6, 6.07) is 16.0. The van der Waals surface area contributed by atoms with Crippen LogP contribution in [-0.2, 0) is 6.54 Å². The molecule has 3 heteroatoms. The molecule has 2 aromatic carbocycles. The fourth-order valence-corrected chi connectivity index (χ4v) is 2.43. The van der Waals surface area contributed by atoms with Crippen LogP contribution in [0.5, 0.6) is 11.5 Å². The van der Waals surface area contributed by atoms with Crippen LogP contribution in [0, 0.1) is 13.8 Å². The summed E-state index contributed by atoms with van der Waals surface area (Å²) < 4.78 is 6.16. The average Bonchev–Trinajstić information content (AvgIpc) is 2.49. The minimum absolute atomic E-state index is 0.453. The zero-order valence-electron chi connectivity index (χ0n) is 12.3. The molecule has 0 radical (unpaired) electrons. The number of nitrogens with two attached hydrogens (primary N) is 1. The van der Waals surface area contributed by atoms with E-state index in [1.165, 1.54) is 0 Å². The SMILES string of the molecule is Cc1ccc2cccc(Oc3c(C)cccc3CN)c2n1. The van der Waals surface area contributed by atoms with Gasteiger partial charge in [-0.05, 0) is 31.5 Å². The Morgan fingerprint density at radius 2 is 1.81 bits per heavy atom. The highest BCUT2D eigenvalue weighted by molar-refractivity contribution is 5.84. The molecular formula is C18H18N2O. The molecule has 0 aliphatic carbocycles. The first-order valence-electron chi connectivity index (χ1n) is 7.02. The van der Waals surface area contributed by atoms with Crippen LogP contribution in [0.15, 0.2) is 48.5 Å². The lowest BCUT2D eigenvalue weighted by Gasteiger charge is -2.14. The largest absolute Gasteiger partial charge is 0.454 e. The van der Waals surface area contributed by atoms with E-state index in [-0.39, 0.29) is 0 Å². The van der Waals surface area contributed by atoms with Crippen molar-refractivity contribution in [3.63, 3.8) is 0 Å². The maximum atomic E-state index is 6.16. The van der Waals surface area contributed by atoms with Gasteiger partial charge >= 0.3 is 0 Å². The van der Waals surface area contributed by atoms with E-state index in [4.69, 9.17) is 10.5 Å². The Labute approximate surface area is 124 Å². The fraction of sp³-hybridized carbons (Fsp3) is 0.167. The molecule has 0 spiro atoms. The lowest BCUT2D eigenvalue weighted by Crippen LogP contribution is -2.01. The molecule has 0 fully saturated rings. The van der Waals surface area contributed by atoms with Crippen molar-refractivity contribution in [2.24, 2.45) is 5.73 Å². The third-order valence-corrected chi connectivity index (χ3v) is 3.55. The number of para-hydroxylation sites is 2. The van der Waals surface area contributed by atoms with Gasteiger partial charge in [0.05, 0.1) is 0 Å². The zero-order chi connectivity index (χ0) is 14.8. The number of benzene rings is 2. The Bertz CT molecular complexity index is 796. The third-order valence-electron chi connectivity index (χ3n) is 3.55. The zero-order valence-corrected chi connectivity index (χ0v) is 12.3. The second-order valence-electron chi connectivity index (χ2n) is 5.15. The number of fused-ring (bicyclic) bond motifs is 1. The van der Waals surface area contributed by atoms with Crippen molar-refractivity contribution in [3.8, 4) is 11.5 Å². The van der Waals surface area contributed by atoms with Gasteiger partial charge in [-0.2, -0.15) is 0 Å². The van der Waals surface area contributed by atoms with Gasteiger partial charge in [0.15, 0.2) is 5.75 Å². The quantitative estimate of drug-likeness (QED) is 0.784. The van der Waals surface area contributed by atoms with Crippen LogP contribution in [0.4, 0.5) is 0 Å². The van der Waals surface area contributed by atoms with Crippen molar-refractivity contribution in [2.45, 2.75) is 20.4 Å². The molecule has 1 aromatic heterocycles. The van der Waals surface area contributed by atoms with Gasteiger partial charge in [0.1, 0.15) is 11.3 Å². The molecule has 0 unspecified atom stereocenters. The molecule has 0 atom stereocenters. The standard InChI is InChI=1S/C18H18N2O/c1-12-5-3-7-15(11-19)18(12)21-16-8-4-6-14-10-9-13(2)20-17(14)16/h3-10H,11,19H2,1-2H3. The van der Waals surface area contributed by atoms with Crippen LogP contribution in [0.3, 0.4) is 0 Å². The van der Waals surface area contributed by atoms with Crippen molar-refractivity contribution in [3.05, 3.63) is 65.4 Å². The normalized spacial score (nSPS) is 10.8. The van der Waals surface area contributed by atoms with E-state index < -0.39 is 0 Å². The third kappa shape index (κ3) is 2.60. The maximum absolute atomic E-state index is 6.16. The van der Waals surface area contributed by atoms with Crippen LogP contribution in [0.2, 0.25) is 0 Å². The number of pyridine rings is 1. The molecule has 3 nitrogen and oxygen atoms in total. The fourth-order valence-electron chi connectivity index (χ4n) is 2.43. The van der Waals surface area contributed by atoms with Crippen molar-refractivity contribution in [1.82, 2.24) is 4.98 Å². The number of rotatable bonds is 3. The Balaban J connectivity index is 2.13. The Hall–Kier alpha value is -2.39. The van der Waals surface area contributed by atoms with Gasteiger partial charge in [-0.1, -0.05) is 36.4 Å². The van der Waals surface area contributed by atoms with E-state index >= 15 is 0 Å². The maximum Gasteiger partial charge on any atom is 0.153 e. The molecule has 106 valence electrons. The van der Waals surface area contributed by atoms with Gasteiger partial charge in [-0.25, -0.2) is 4.98 Å². The lowest BCUT2D eigenvalue weighted by atomic mass is 10.1. The summed E-state index contributed by atoms with van der Waals surface area (Å²) >= 11 is 0. The molecule has 0 aliphatic rings. The summed E-state index contributed by atoms with van der Waals surface area (Å²) in [5.41, 5.74) is 9.74. The van der Waals surface area contributed by atoms with Crippen molar-refractivity contribution < 1.29 is 4.74 Å². The van der Waals surface area contributed by atoms with Crippen LogP contribution in [-0.4, -0.2) is 4.98 Å². The molecule has 21 heavy (non-hydrogen) atoms. The van der Waals surface area contributed by atoms with Gasteiger partial charge in [0.2, 0.25) is 0 Å². The molecular weight excluding hydrogens is 260 g/mol. The Morgan fingerprint density at radius 3 is 2.62 bits per heavy atom. The van der Waals surface area contributed by atoms with Gasteiger partial charge in [0.25, 0.3) is 0 Å². The summed E-state index contributed by atoms with van der Waals surface area (Å²) in [6.45, 7) is 4.46. The number of hydrogen-bond donors (Lipinski definition) is 1. The molecule has 3 rings (SSSR count). The van der Waals surface area contributed by atoms with E-state index in [0.29, 0.717) is 6.54 Å². The molecule has 1 heterocycles. The minimum Gasteiger partial charge on any atom is -0.454 e. The average molecular weight is 278 g/mol. The number of aryl methyl sites for hydroxylation is 2. The molecule has 0 saturated heterocycles. The first-order chi connectivity index (χ1) is 10.2. The van der Waals surface area contributed by atoms with Crippen molar-refractivity contribution >= 4 is 10.9 Å². The van der Waals surface area contributed by atoms with Gasteiger partial charge in [0, 0.05) is 23.2 Å². The number of ether oxygens (including phenoxy) is 1. The first kappa shape index (κ1) is 13.6. The predicted molar refractivity (Wildman–Crippen MR) is 85.6 cm³/mol. The van der Waals surface area contributed by atoms with Crippen LogP contribution < -0.4 is 10.5 Å². The molecule has 2 N–H and O–H groups in total. The summed E-state index contributed by atoms with van der Waals surface area (Å²) in [4.78, 5) is 4.60. The van der Waals surface area contributed by atoms with Crippen molar-refractivity contribution in [2.75, 3.05) is 0 Å². The minimum atomic E-state index is 0.453. The second kappa shape index (κ2) is 5.54. The predicted octanol–water partition coefficient (Wildman–Crippen LogP) is 4.10. The summed E-state index contributed by atoms with van der Waals surface area (Å²) in [6.07, 6.45) is 0. The van der Waals surface area contributed by atoms with E-state index in [0.717, 1.165) is 39.2 Å². The number of hydrogen-bond acceptors (Lipinski definition) is 3. The van der Waals surface area contributed by atoms with Crippen LogP contribution in [0.25, 0.3) is 10.9 Å². The van der Waals surface area contributed by atoms with Crippen LogP contribution in [0.1, 0.15) is 16.8 Å². The van der Waals surface area contributed by atoms with Gasteiger partial charge < -0.3 is 10.5 Å². The second-order valence-corrected chi connectivity index (χ2v) is 5.15. The van der Waals surface area contributed by atoms with Crippen LogP contribution >= 0.6 is 0 Å². The number of nitrogens with zero attached hydrogens (tertiary/aromatic N) is 1. The summed E-state index contributed by atoms with van der Waals surface area (Å²) in [7, 11) is 0. The monoisotopic (exact) mass is 278 g/mol. The van der Waals surface area contributed by atoms with E-state index in [1.807, 2.05) is 56.3 Å². The van der Waals surface area contributed by atoms with Crippen molar-refractivity contribution in [1.29, 1.82) is 0 Å². The van der Waals surface area contributed by atoms with Gasteiger partial charge in [-0.3, -0.25) is 0 Å². The lowest BCUT2D eigenvalue weighted by molar-refractivity contribution is 0.477. The van der Waals surface area contributed by atoms with E-state index in [2.05, 4.69) is 11.1 Å². The topological polar surface area (TPSA) is 48.1 Å². The molecule has 0 amide bonds. The highest BCUT2D eigenvalue weighted by atomic mass is 16.5. The molecule has 0 saturated carbocycles. The Kier molecular flexibility index (Phi) is 3.59. The van der Waals surface area contributed by atoms with E-state index in [1.54, 1.807) is 0 Å². The highest BCUT2D eigenvalue weighted by Crippen LogP contribution is 2.32. The highest BCUT2D eigenvalue weighted by Gasteiger charge is 2.10. The first-order valence-corrected chi connectivity index (χ1v) is 7.02. The summed E-state index contributed by atoms with van der Waals surface area (Å²) in [5.74, 6) is 1.59. The van der Waals surface area contributed by atoms with E-state index in [9.17, 15) is 0 Å². The number of aromatic nitrogens is 1. The molecule has 3 aromatic rings. The smallest absolute Gasteiger partial charge is 0.153 e. The Morgan fingerprint density at radius 1 is 1.00 bits per heavy atom. The summed E-state index contributed by atoms with van der Waals surface area (Å²) in [5, 5.41) is 1.07. The molecule has 0 bridgehead atoms. The van der Waals surface area contributed by atoms with Gasteiger partial charge in [-0.15, -0.1) is 0 Å².